The quantitative estimate of drug-likeness (QED) is 0.618. The maximum atomic E-state index is 12.9. The number of aromatic nitrogens is 4. The lowest BCUT2D eigenvalue weighted by molar-refractivity contribution is 0.0372. The normalized spacial score (nSPS) is 18.6. The second-order valence-electron chi connectivity index (χ2n) is 7.09. The molecular weight excluding hydrogens is 386 g/mol. The molecular formula is C19H23N9O2. The van der Waals surface area contributed by atoms with Crippen LogP contribution in [0.4, 0.5) is 17.3 Å². The number of anilines is 3. The lowest BCUT2D eigenvalue weighted by Gasteiger charge is -2.25. The molecule has 0 aliphatic carbocycles. The van der Waals surface area contributed by atoms with Crippen LogP contribution in [0.25, 0.3) is 0 Å². The van der Waals surface area contributed by atoms with Gasteiger partial charge in [-0.2, -0.15) is 5.26 Å². The molecule has 0 aromatic carbocycles. The van der Waals surface area contributed by atoms with E-state index in [1.165, 1.54) is 12.4 Å². The van der Waals surface area contributed by atoms with E-state index in [1.54, 1.807) is 11.0 Å². The SMILES string of the molecule is N#Cc1cnc(Nc2cc(NCC3CNCCO3)c(C(=O)N3CCCC3)nn2)cn1. The Balaban J connectivity index is 1.53. The van der Waals surface area contributed by atoms with Gasteiger partial charge < -0.3 is 25.6 Å². The first-order valence-corrected chi connectivity index (χ1v) is 9.95. The Morgan fingerprint density at radius 2 is 2.13 bits per heavy atom. The summed E-state index contributed by atoms with van der Waals surface area (Å²) in [4.78, 5) is 22.8. The molecule has 0 radical (unpaired) electrons. The van der Waals surface area contributed by atoms with Crippen LogP contribution in [0.15, 0.2) is 18.5 Å². The van der Waals surface area contributed by atoms with E-state index < -0.39 is 0 Å². The highest BCUT2D eigenvalue weighted by molar-refractivity contribution is 5.98. The number of morpholine rings is 1. The van der Waals surface area contributed by atoms with E-state index >= 15 is 0 Å². The minimum absolute atomic E-state index is 0.00227. The molecule has 2 aromatic rings. The Bertz CT molecular complexity index is 917. The minimum Gasteiger partial charge on any atom is -0.380 e. The second kappa shape index (κ2) is 9.43. The largest absolute Gasteiger partial charge is 0.380 e. The highest BCUT2D eigenvalue weighted by Crippen LogP contribution is 2.22. The van der Waals surface area contributed by atoms with Crippen molar-refractivity contribution in [3.8, 4) is 6.07 Å². The van der Waals surface area contributed by atoms with E-state index in [9.17, 15) is 4.79 Å². The van der Waals surface area contributed by atoms with Crippen molar-refractivity contribution in [2.75, 3.05) is 50.0 Å². The number of amides is 1. The topological polar surface area (TPSA) is 141 Å². The number of carbonyl (C=O) groups excluding carboxylic acids is 1. The summed E-state index contributed by atoms with van der Waals surface area (Å²) >= 11 is 0. The van der Waals surface area contributed by atoms with Crippen LogP contribution in [-0.2, 0) is 4.74 Å². The molecule has 1 unspecified atom stereocenters. The van der Waals surface area contributed by atoms with Crippen molar-refractivity contribution in [3.63, 3.8) is 0 Å². The van der Waals surface area contributed by atoms with Crippen molar-refractivity contribution in [2.45, 2.75) is 18.9 Å². The Labute approximate surface area is 173 Å². The van der Waals surface area contributed by atoms with Gasteiger partial charge in [0.2, 0.25) is 0 Å². The predicted molar refractivity (Wildman–Crippen MR) is 108 cm³/mol. The molecule has 2 saturated heterocycles. The highest BCUT2D eigenvalue weighted by Gasteiger charge is 2.25. The smallest absolute Gasteiger partial charge is 0.276 e. The molecule has 0 saturated carbocycles. The number of likely N-dealkylation sites (tertiary alicyclic amines) is 1. The summed E-state index contributed by atoms with van der Waals surface area (Å²) in [7, 11) is 0. The Hall–Kier alpha value is -3.36. The van der Waals surface area contributed by atoms with Crippen molar-refractivity contribution < 1.29 is 9.53 Å². The fraction of sp³-hybridized carbons (Fsp3) is 0.474. The molecule has 3 N–H and O–H groups in total. The van der Waals surface area contributed by atoms with Gasteiger partial charge in [-0.25, -0.2) is 9.97 Å². The number of hydrogen-bond donors (Lipinski definition) is 3. The Morgan fingerprint density at radius 3 is 2.83 bits per heavy atom. The van der Waals surface area contributed by atoms with Gasteiger partial charge >= 0.3 is 0 Å². The molecule has 30 heavy (non-hydrogen) atoms. The Morgan fingerprint density at radius 1 is 1.27 bits per heavy atom. The summed E-state index contributed by atoms with van der Waals surface area (Å²) in [6, 6.07) is 3.65. The first kappa shape index (κ1) is 19.9. The van der Waals surface area contributed by atoms with E-state index in [2.05, 4.69) is 36.1 Å². The third kappa shape index (κ3) is 4.79. The van der Waals surface area contributed by atoms with Gasteiger partial charge in [0.25, 0.3) is 5.91 Å². The number of carbonyl (C=O) groups is 1. The van der Waals surface area contributed by atoms with Gasteiger partial charge in [0.05, 0.1) is 30.8 Å². The van der Waals surface area contributed by atoms with Crippen LogP contribution < -0.4 is 16.0 Å². The number of nitriles is 1. The van der Waals surface area contributed by atoms with Gasteiger partial charge in [-0.1, -0.05) is 0 Å². The van der Waals surface area contributed by atoms with Gasteiger partial charge in [0.15, 0.2) is 17.2 Å². The third-order valence-electron chi connectivity index (χ3n) is 4.94. The molecule has 2 aromatic heterocycles. The zero-order chi connectivity index (χ0) is 20.8. The zero-order valence-electron chi connectivity index (χ0n) is 16.5. The molecule has 11 heteroatoms. The number of ether oxygens (including phenoxy) is 1. The van der Waals surface area contributed by atoms with Crippen molar-refractivity contribution in [1.82, 2.24) is 30.4 Å². The van der Waals surface area contributed by atoms with Gasteiger partial charge in [0.1, 0.15) is 11.9 Å². The first-order valence-electron chi connectivity index (χ1n) is 9.95. The number of rotatable bonds is 6. The van der Waals surface area contributed by atoms with Crippen molar-refractivity contribution in [3.05, 3.63) is 29.8 Å². The number of nitrogens with one attached hydrogen (secondary N) is 3. The average molecular weight is 409 g/mol. The van der Waals surface area contributed by atoms with Gasteiger partial charge in [0, 0.05) is 38.8 Å². The van der Waals surface area contributed by atoms with Crippen LogP contribution in [0.2, 0.25) is 0 Å². The highest BCUT2D eigenvalue weighted by atomic mass is 16.5. The Kier molecular flexibility index (Phi) is 6.26. The summed E-state index contributed by atoms with van der Waals surface area (Å²) in [6.07, 6.45) is 4.81. The van der Waals surface area contributed by atoms with Crippen molar-refractivity contribution in [2.24, 2.45) is 0 Å². The van der Waals surface area contributed by atoms with Crippen LogP contribution >= 0.6 is 0 Å². The van der Waals surface area contributed by atoms with Gasteiger partial charge in [-0.15, -0.1) is 10.2 Å². The lowest BCUT2D eigenvalue weighted by Crippen LogP contribution is -2.42. The van der Waals surface area contributed by atoms with Gasteiger partial charge in [-0.05, 0) is 12.8 Å². The molecule has 0 bridgehead atoms. The molecule has 4 rings (SSSR count). The van der Waals surface area contributed by atoms with Crippen LogP contribution in [0.5, 0.6) is 0 Å². The zero-order valence-corrected chi connectivity index (χ0v) is 16.5. The van der Waals surface area contributed by atoms with E-state index in [0.29, 0.717) is 30.5 Å². The van der Waals surface area contributed by atoms with Crippen LogP contribution in [0, 0.1) is 11.3 Å². The fourth-order valence-corrected chi connectivity index (χ4v) is 3.37. The first-order chi connectivity index (χ1) is 14.7. The minimum atomic E-state index is -0.130. The van der Waals surface area contributed by atoms with Crippen LogP contribution in [0.1, 0.15) is 29.0 Å². The molecule has 1 atom stereocenters. The molecule has 156 valence electrons. The summed E-state index contributed by atoms with van der Waals surface area (Å²) in [6.45, 7) is 4.24. The monoisotopic (exact) mass is 409 g/mol. The van der Waals surface area contributed by atoms with Crippen LogP contribution in [-0.4, -0.2) is 76.4 Å². The van der Waals surface area contributed by atoms with Crippen molar-refractivity contribution >= 4 is 23.2 Å². The molecule has 2 fully saturated rings. The predicted octanol–water partition coefficient (Wildman–Crippen LogP) is 0.518. The molecule has 2 aliphatic rings. The molecule has 0 spiro atoms. The fourth-order valence-electron chi connectivity index (χ4n) is 3.37. The molecule has 4 heterocycles. The van der Waals surface area contributed by atoms with Crippen molar-refractivity contribution in [1.29, 1.82) is 5.26 Å². The van der Waals surface area contributed by atoms with E-state index in [0.717, 1.165) is 39.0 Å². The molecule has 2 aliphatic heterocycles. The summed E-state index contributed by atoms with van der Waals surface area (Å²) in [5, 5.41) is 26.8. The summed E-state index contributed by atoms with van der Waals surface area (Å²) in [5.74, 6) is 0.708. The van der Waals surface area contributed by atoms with Crippen LogP contribution in [0.3, 0.4) is 0 Å². The molecule has 11 nitrogen and oxygen atoms in total. The van der Waals surface area contributed by atoms with E-state index in [1.807, 2.05) is 6.07 Å². The average Bonchev–Trinajstić information content (AvgIpc) is 3.34. The maximum absolute atomic E-state index is 12.9. The third-order valence-corrected chi connectivity index (χ3v) is 4.94. The number of nitrogens with zero attached hydrogens (tertiary/aromatic N) is 6. The number of hydrogen-bond acceptors (Lipinski definition) is 10. The summed E-state index contributed by atoms with van der Waals surface area (Å²) in [5.41, 5.74) is 1.10. The van der Waals surface area contributed by atoms with Gasteiger partial charge in [-0.3, -0.25) is 4.79 Å². The molecule has 1 amide bonds. The van der Waals surface area contributed by atoms with E-state index in [-0.39, 0.29) is 23.4 Å². The maximum Gasteiger partial charge on any atom is 0.276 e. The lowest BCUT2D eigenvalue weighted by atomic mass is 10.2. The standard InChI is InChI=1S/C19H23N9O2/c20-8-13-9-24-17(12-22-13)25-16-7-15(23-11-14-10-21-3-6-30-14)18(27-26-16)19(29)28-4-1-2-5-28/h7,9,12,14,21H,1-6,10-11H2,(H2,23,24,25,26). The second-order valence-corrected chi connectivity index (χ2v) is 7.09. The summed E-state index contributed by atoms with van der Waals surface area (Å²) < 4.78 is 5.73. The van der Waals surface area contributed by atoms with E-state index in [4.69, 9.17) is 10.00 Å².